The summed E-state index contributed by atoms with van der Waals surface area (Å²) in [4.78, 5) is 10.00. The lowest BCUT2D eigenvalue weighted by atomic mass is 10.1. The highest BCUT2D eigenvalue weighted by Crippen LogP contribution is 2.26. The van der Waals surface area contributed by atoms with Crippen molar-refractivity contribution in [2.75, 3.05) is 45.8 Å². The summed E-state index contributed by atoms with van der Waals surface area (Å²) in [7, 11) is 0. The summed E-state index contributed by atoms with van der Waals surface area (Å²) in [5, 5.41) is 6.91. The fraction of sp³-hybridized carbons (Fsp3) is 0.762. The Bertz CT molecular complexity index is 549. The molecular formula is C21H37N5O. The maximum Gasteiger partial charge on any atom is 0.191 e. The summed E-state index contributed by atoms with van der Waals surface area (Å²) in [6.45, 7) is 11.4. The summed E-state index contributed by atoms with van der Waals surface area (Å²) in [5.74, 6) is 1.94. The van der Waals surface area contributed by atoms with Gasteiger partial charge >= 0.3 is 0 Å². The first-order valence-electron chi connectivity index (χ1n) is 10.9. The van der Waals surface area contributed by atoms with Crippen molar-refractivity contribution < 1.29 is 4.42 Å². The number of rotatable bonds is 10. The van der Waals surface area contributed by atoms with Gasteiger partial charge in [0, 0.05) is 25.7 Å². The molecule has 3 rings (SSSR count). The normalized spacial score (nSPS) is 20.0. The molecule has 0 spiro atoms. The van der Waals surface area contributed by atoms with E-state index in [1.54, 1.807) is 6.26 Å². The maximum atomic E-state index is 5.74. The zero-order chi connectivity index (χ0) is 18.9. The second-order valence-corrected chi connectivity index (χ2v) is 7.63. The van der Waals surface area contributed by atoms with Gasteiger partial charge in [-0.3, -0.25) is 14.8 Å². The third-order valence-corrected chi connectivity index (χ3v) is 5.63. The van der Waals surface area contributed by atoms with Crippen LogP contribution in [0.2, 0.25) is 0 Å². The summed E-state index contributed by atoms with van der Waals surface area (Å²) in [6.07, 6.45) is 8.38. The number of nitrogens with one attached hydrogen (secondary N) is 2. The Labute approximate surface area is 164 Å². The van der Waals surface area contributed by atoms with E-state index in [1.807, 2.05) is 6.07 Å². The monoisotopic (exact) mass is 375 g/mol. The number of hydrogen-bond donors (Lipinski definition) is 2. The van der Waals surface area contributed by atoms with Crippen LogP contribution in [0.15, 0.2) is 27.8 Å². The van der Waals surface area contributed by atoms with Gasteiger partial charge < -0.3 is 15.1 Å². The number of guanidine groups is 1. The Morgan fingerprint density at radius 2 is 2.07 bits per heavy atom. The third-order valence-electron chi connectivity index (χ3n) is 5.63. The maximum absolute atomic E-state index is 5.74. The number of nitrogens with zero attached hydrogens (tertiary/aromatic N) is 3. The molecule has 1 saturated heterocycles. The van der Waals surface area contributed by atoms with E-state index < -0.39 is 0 Å². The summed E-state index contributed by atoms with van der Waals surface area (Å²) in [5.41, 5.74) is 0. The Kier molecular flexibility index (Phi) is 8.02. The van der Waals surface area contributed by atoms with Gasteiger partial charge in [0.05, 0.1) is 18.8 Å². The van der Waals surface area contributed by atoms with E-state index in [-0.39, 0.29) is 6.04 Å². The van der Waals surface area contributed by atoms with E-state index in [9.17, 15) is 0 Å². The molecule has 152 valence electrons. The van der Waals surface area contributed by atoms with Crippen molar-refractivity contribution >= 4 is 5.96 Å². The van der Waals surface area contributed by atoms with Gasteiger partial charge in [0.2, 0.25) is 0 Å². The van der Waals surface area contributed by atoms with Crippen LogP contribution < -0.4 is 10.6 Å². The lowest BCUT2D eigenvalue weighted by Crippen LogP contribution is -2.43. The standard InChI is InChI=1S/C21H37N5O/c1-3-22-21(23-12-15-25(4-2)18-10-11-18)24-17-19(20-9-8-16-27-20)26-13-6-5-7-14-26/h8-9,16,18-19H,3-7,10-15,17H2,1-2H3,(H2,22,23,24). The van der Waals surface area contributed by atoms with Crippen molar-refractivity contribution in [1.29, 1.82) is 0 Å². The number of furan rings is 1. The SMILES string of the molecule is CCNC(=NCC(c1ccco1)N1CCCCC1)NCCN(CC)C1CC1. The minimum Gasteiger partial charge on any atom is -0.468 e. The van der Waals surface area contributed by atoms with Crippen LogP contribution in [0.3, 0.4) is 0 Å². The molecule has 1 aliphatic heterocycles. The van der Waals surface area contributed by atoms with Crippen LogP contribution >= 0.6 is 0 Å². The smallest absolute Gasteiger partial charge is 0.191 e. The third kappa shape index (κ3) is 6.25. The minimum absolute atomic E-state index is 0.231. The van der Waals surface area contributed by atoms with Crippen LogP contribution in [0.1, 0.15) is 57.8 Å². The molecular weight excluding hydrogens is 338 g/mol. The zero-order valence-electron chi connectivity index (χ0n) is 17.1. The molecule has 0 aromatic carbocycles. The highest BCUT2D eigenvalue weighted by molar-refractivity contribution is 5.79. The fourth-order valence-electron chi connectivity index (χ4n) is 3.97. The highest BCUT2D eigenvalue weighted by atomic mass is 16.3. The van der Waals surface area contributed by atoms with Crippen molar-refractivity contribution in [1.82, 2.24) is 20.4 Å². The van der Waals surface area contributed by atoms with Crippen LogP contribution in [0.5, 0.6) is 0 Å². The minimum atomic E-state index is 0.231. The topological polar surface area (TPSA) is 56.0 Å². The first-order chi connectivity index (χ1) is 13.3. The molecule has 0 radical (unpaired) electrons. The number of likely N-dealkylation sites (N-methyl/N-ethyl adjacent to an activating group) is 1. The molecule has 27 heavy (non-hydrogen) atoms. The highest BCUT2D eigenvalue weighted by Gasteiger charge is 2.27. The average molecular weight is 376 g/mol. The first kappa shape index (κ1) is 20.2. The molecule has 2 fully saturated rings. The summed E-state index contributed by atoms with van der Waals surface area (Å²) in [6, 6.07) is 5.12. The Balaban J connectivity index is 1.56. The van der Waals surface area contributed by atoms with Gasteiger partial charge in [-0.1, -0.05) is 13.3 Å². The molecule has 1 aromatic rings. The molecule has 0 amide bonds. The molecule has 2 N–H and O–H groups in total. The largest absolute Gasteiger partial charge is 0.468 e. The Morgan fingerprint density at radius 1 is 1.26 bits per heavy atom. The van der Waals surface area contributed by atoms with E-state index in [4.69, 9.17) is 9.41 Å². The lowest BCUT2D eigenvalue weighted by Gasteiger charge is -2.32. The first-order valence-corrected chi connectivity index (χ1v) is 10.9. The predicted octanol–water partition coefficient (Wildman–Crippen LogP) is 2.85. The van der Waals surface area contributed by atoms with Gasteiger partial charge in [-0.25, -0.2) is 0 Å². The van der Waals surface area contributed by atoms with Gasteiger partial charge in [0.15, 0.2) is 5.96 Å². The number of aliphatic imine (C=N–C) groups is 1. The number of piperidine rings is 1. The van der Waals surface area contributed by atoms with Crippen molar-refractivity contribution in [3.05, 3.63) is 24.2 Å². The van der Waals surface area contributed by atoms with Crippen LogP contribution in [-0.2, 0) is 0 Å². The molecule has 2 aliphatic rings. The van der Waals surface area contributed by atoms with Crippen molar-refractivity contribution in [3.63, 3.8) is 0 Å². The second-order valence-electron chi connectivity index (χ2n) is 7.63. The Hall–Kier alpha value is -1.53. The van der Waals surface area contributed by atoms with Gasteiger partial charge in [-0.2, -0.15) is 0 Å². The van der Waals surface area contributed by atoms with Crippen LogP contribution in [0.25, 0.3) is 0 Å². The van der Waals surface area contributed by atoms with Gasteiger partial charge in [-0.15, -0.1) is 0 Å². The average Bonchev–Trinajstić information content (AvgIpc) is 3.40. The van der Waals surface area contributed by atoms with Crippen molar-refractivity contribution in [3.8, 4) is 0 Å². The molecule has 1 aromatic heterocycles. The summed E-state index contributed by atoms with van der Waals surface area (Å²) >= 11 is 0. The van der Waals surface area contributed by atoms with E-state index in [1.165, 1.54) is 32.1 Å². The van der Waals surface area contributed by atoms with E-state index >= 15 is 0 Å². The number of likely N-dealkylation sites (tertiary alicyclic amines) is 1. The molecule has 1 atom stereocenters. The number of hydrogen-bond acceptors (Lipinski definition) is 4. The summed E-state index contributed by atoms with van der Waals surface area (Å²) < 4.78 is 5.74. The molecule has 1 aliphatic carbocycles. The second kappa shape index (κ2) is 10.7. The van der Waals surface area contributed by atoms with E-state index in [2.05, 4.69) is 40.3 Å². The van der Waals surface area contributed by atoms with Gasteiger partial charge in [0.25, 0.3) is 0 Å². The molecule has 6 heteroatoms. The quantitative estimate of drug-likeness (QED) is 0.486. The predicted molar refractivity (Wildman–Crippen MR) is 111 cm³/mol. The van der Waals surface area contributed by atoms with Crippen molar-refractivity contribution in [2.45, 2.75) is 58.0 Å². The van der Waals surface area contributed by atoms with Gasteiger partial charge in [-0.05, 0) is 64.4 Å². The van der Waals surface area contributed by atoms with Crippen LogP contribution in [0.4, 0.5) is 0 Å². The zero-order valence-corrected chi connectivity index (χ0v) is 17.1. The molecule has 6 nitrogen and oxygen atoms in total. The van der Waals surface area contributed by atoms with Crippen molar-refractivity contribution in [2.24, 2.45) is 4.99 Å². The van der Waals surface area contributed by atoms with E-state index in [0.29, 0.717) is 0 Å². The lowest BCUT2D eigenvalue weighted by molar-refractivity contribution is 0.150. The van der Waals surface area contributed by atoms with Crippen LogP contribution in [0, 0.1) is 0 Å². The molecule has 1 saturated carbocycles. The molecule has 2 heterocycles. The fourth-order valence-corrected chi connectivity index (χ4v) is 3.97. The molecule has 0 bridgehead atoms. The Morgan fingerprint density at radius 3 is 2.70 bits per heavy atom. The molecule has 1 unspecified atom stereocenters. The van der Waals surface area contributed by atoms with Crippen LogP contribution in [-0.4, -0.2) is 67.6 Å². The van der Waals surface area contributed by atoms with Gasteiger partial charge in [0.1, 0.15) is 5.76 Å². The van der Waals surface area contributed by atoms with E-state index in [0.717, 1.165) is 63.6 Å².